The zero-order valence-corrected chi connectivity index (χ0v) is 8.28. The van der Waals surface area contributed by atoms with Gasteiger partial charge < -0.3 is 15.3 Å². The monoisotopic (exact) mass is 198 g/mol. The van der Waals surface area contributed by atoms with Gasteiger partial charge in [-0.25, -0.2) is 4.79 Å². The molecule has 0 radical (unpaired) electrons. The molecule has 5 nitrogen and oxygen atoms in total. The van der Waals surface area contributed by atoms with Crippen molar-refractivity contribution >= 4 is 12.0 Å². The predicted molar refractivity (Wildman–Crippen MR) is 51.7 cm³/mol. The summed E-state index contributed by atoms with van der Waals surface area (Å²) in [5, 5.41) is 11.0. The number of nitrogens with one attached hydrogen (secondary N) is 1. The molecular weight excluding hydrogens is 184 g/mol. The van der Waals surface area contributed by atoms with E-state index in [-0.39, 0.29) is 19.1 Å². The van der Waals surface area contributed by atoms with Crippen molar-refractivity contribution in [3.63, 3.8) is 0 Å². The Morgan fingerprint density at radius 3 is 2.64 bits per heavy atom. The fourth-order valence-corrected chi connectivity index (χ4v) is 0.833. The number of aliphatic carboxylic acids is 1. The highest BCUT2D eigenvalue weighted by molar-refractivity contribution is 5.75. The Morgan fingerprint density at radius 2 is 2.21 bits per heavy atom. The number of hydrogen-bond acceptors (Lipinski definition) is 2. The number of carboxylic acid groups (broad SMARTS) is 1. The van der Waals surface area contributed by atoms with Crippen molar-refractivity contribution in [3.8, 4) is 12.3 Å². The van der Waals surface area contributed by atoms with Crippen LogP contribution >= 0.6 is 0 Å². The molecule has 0 heterocycles. The van der Waals surface area contributed by atoms with Gasteiger partial charge in [-0.1, -0.05) is 12.8 Å². The summed E-state index contributed by atoms with van der Waals surface area (Å²) in [5.41, 5.74) is 0. The van der Waals surface area contributed by atoms with Crippen LogP contribution < -0.4 is 5.32 Å². The zero-order chi connectivity index (χ0) is 11.1. The molecule has 0 aromatic carbocycles. The molecule has 0 aromatic heterocycles. The maximum atomic E-state index is 11.2. The standard InChI is InChI=1S/C9H14N2O3/c1-4-5-10-9(14)11(3)6-7(2)8(12)13/h1,7H,5-6H2,2-3H3,(H,10,14)(H,12,13). The Hall–Kier alpha value is -1.70. The van der Waals surface area contributed by atoms with E-state index in [1.807, 2.05) is 0 Å². The summed E-state index contributed by atoms with van der Waals surface area (Å²) in [6, 6.07) is -0.365. The number of urea groups is 1. The Kier molecular flexibility index (Phi) is 5.15. The van der Waals surface area contributed by atoms with Gasteiger partial charge in [-0.2, -0.15) is 0 Å². The van der Waals surface area contributed by atoms with E-state index in [2.05, 4.69) is 11.2 Å². The first-order chi connectivity index (χ1) is 6.49. The maximum absolute atomic E-state index is 11.2. The van der Waals surface area contributed by atoms with Crippen molar-refractivity contribution < 1.29 is 14.7 Å². The Balaban J connectivity index is 3.96. The molecule has 0 rings (SSSR count). The summed E-state index contributed by atoms with van der Waals surface area (Å²) in [4.78, 5) is 23.0. The minimum atomic E-state index is -0.929. The van der Waals surface area contributed by atoms with Gasteiger partial charge in [0.25, 0.3) is 0 Å². The predicted octanol–water partition coefficient (Wildman–Crippen LogP) is -0.0183. The SMILES string of the molecule is C#CCNC(=O)N(C)CC(C)C(=O)O. The molecule has 0 fully saturated rings. The molecule has 2 amide bonds. The minimum Gasteiger partial charge on any atom is -0.481 e. The average Bonchev–Trinajstić information content (AvgIpc) is 2.13. The molecule has 0 saturated carbocycles. The second-order valence-corrected chi connectivity index (χ2v) is 2.98. The van der Waals surface area contributed by atoms with E-state index in [0.29, 0.717) is 0 Å². The number of terminal acetylenes is 1. The van der Waals surface area contributed by atoms with Gasteiger partial charge in [0.15, 0.2) is 0 Å². The zero-order valence-electron chi connectivity index (χ0n) is 8.28. The van der Waals surface area contributed by atoms with Crippen molar-refractivity contribution in [2.75, 3.05) is 20.1 Å². The molecule has 0 aliphatic carbocycles. The minimum absolute atomic E-state index is 0.143. The van der Waals surface area contributed by atoms with Crippen LogP contribution in [0.3, 0.4) is 0 Å². The van der Waals surface area contributed by atoms with Gasteiger partial charge in [-0.05, 0) is 0 Å². The van der Waals surface area contributed by atoms with E-state index in [1.165, 1.54) is 18.9 Å². The van der Waals surface area contributed by atoms with Gasteiger partial charge in [0.05, 0.1) is 12.5 Å². The van der Waals surface area contributed by atoms with Crippen LogP contribution in [-0.4, -0.2) is 42.1 Å². The van der Waals surface area contributed by atoms with E-state index >= 15 is 0 Å². The van der Waals surface area contributed by atoms with Gasteiger partial charge in [0.1, 0.15) is 0 Å². The number of amides is 2. The fraction of sp³-hybridized carbons (Fsp3) is 0.556. The summed E-state index contributed by atoms with van der Waals surface area (Å²) in [7, 11) is 1.52. The lowest BCUT2D eigenvalue weighted by atomic mass is 10.2. The smallest absolute Gasteiger partial charge is 0.317 e. The lowest BCUT2D eigenvalue weighted by Gasteiger charge is -2.19. The highest BCUT2D eigenvalue weighted by Crippen LogP contribution is 1.97. The van der Waals surface area contributed by atoms with Crippen molar-refractivity contribution in [1.82, 2.24) is 10.2 Å². The average molecular weight is 198 g/mol. The summed E-state index contributed by atoms with van der Waals surface area (Å²) in [6.07, 6.45) is 4.95. The molecule has 1 atom stereocenters. The number of carbonyl (C=O) groups is 2. The molecule has 78 valence electrons. The highest BCUT2D eigenvalue weighted by atomic mass is 16.4. The normalized spacial score (nSPS) is 11.2. The summed E-state index contributed by atoms with van der Waals surface area (Å²) in [5.74, 6) is 0.739. The van der Waals surface area contributed by atoms with E-state index in [1.54, 1.807) is 0 Å². The molecule has 0 saturated heterocycles. The van der Waals surface area contributed by atoms with Crippen LogP contribution in [0.4, 0.5) is 4.79 Å². The third-order valence-electron chi connectivity index (χ3n) is 1.66. The van der Waals surface area contributed by atoms with E-state index < -0.39 is 11.9 Å². The van der Waals surface area contributed by atoms with Crippen LogP contribution in [0.2, 0.25) is 0 Å². The second-order valence-electron chi connectivity index (χ2n) is 2.98. The topological polar surface area (TPSA) is 69.6 Å². The van der Waals surface area contributed by atoms with Crippen molar-refractivity contribution in [2.45, 2.75) is 6.92 Å². The van der Waals surface area contributed by atoms with Crippen LogP contribution in [-0.2, 0) is 4.79 Å². The summed E-state index contributed by atoms with van der Waals surface area (Å²) in [6.45, 7) is 1.84. The number of rotatable bonds is 4. The van der Waals surface area contributed by atoms with Gasteiger partial charge in [0, 0.05) is 13.6 Å². The molecule has 0 aromatic rings. The largest absolute Gasteiger partial charge is 0.481 e. The van der Waals surface area contributed by atoms with Crippen LogP contribution in [0.25, 0.3) is 0 Å². The van der Waals surface area contributed by atoms with Gasteiger partial charge >= 0.3 is 12.0 Å². The number of nitrogens with zero attached hydrogens (tertiary/aromatic N) is 1. The number of carbonyl (C=O) groups excluding carboxylic acids is 1. The van der Waals surface area contributed by atoms with Crippen molar-refractivity contribution in [1.29, 1.82) is 0 Å². The van der Waals surface area contributed by atoms with Crippen LogP contribution in [0, 0.1) is 18.3 Å². The first-order valence-electron chi connectivity index (χ1n) is 4.14. The maximum Gasteiger partial charge on any atom is 0.317 e. The van der Waals surface area contributed by atoms with Crippen LogP contribution in [0.1, 0.15) is 6.92 Å². The molecule has 0 aliphatic heterocycles. The Bertz CT molecular complexity index is 257. The second kappa shape index (κ2) is 5.86. The quantitative estimate of drug-likeness (QED) is 0.624. The molecule has 5 heteroatoms. The first kappa shape index (κ1) is 12.3. The molecule has 0 spiro atoms. The lowest BCUT2D eigenvalue weighted by Crippen LogP contribution is -2.40. The first-order valence-corrected chi connectivity index (χ1v) is 4.14. The molecule has 2 N–H and O–H groups in total. The molecule has 1 unspecified atom stereocenters. The van der Waals surface area contributed by atoms with Gasteiger partial charge in [-0.3, -0.25) is 4.79 Å². The Labute approximate surface area is 83.1 Å². The van der Waals surface area contributed by atoms with Crippen LogP contribution in [0.5, 0.6) is 0 Å². The summed E-state index contributed by atoms with van der Waals surface area (Å²) >= 11 is 0. The highest BCUT2D eigenvalue weighted by Gasteiger charge is 2.16. The Morgan fingerprint density at radius 1 is 1.64 bits per heavy atom. The van der Waals surface area contributed by atoms with Gasteiger partial charge in [0.2, 0.25) is 0 Å². The van der Waals surface area contributed by atoms with Gasteiger partial charge in [-0.15, -0.1) is 6.42 Å². The number of hydrogen-bond donors (Lipinski definition) is 2. The lowest BCUT2D eigenvalue weighted by molar-refractivity contribution is -0.141. The van der Waals surface area contributed by atoms with Crippen molar-refractivity contribution in [2.24, 2.45) is 5.92 Å². The third kappa shape index (κ3) is 4.36. The van der Waals surface area contributed by atoms with E-state index in [0.717, 1.165) is 0 Å². The van der Waals surface area contributed by atoms with Crippen molar-refractivity contribution in [3.05, 3.63) is 0 Å². The molecule has 14 heavy (non-hydrogen) atoms. The van der Waals surface area contributed by atoms with E-state index in [9.17, 15) is 9.59 Å². The third-order valence-corrected chi connectivity index (χ3v) is 1.66. The van der Waals surface area contributed by atoms with E-state index in [4.69, 9.17) is 11.5 Å². The number of carboxylic acids is 1. The van der Waals surface area contributed by atoms with Crippen LogP contribution in [0.15, 0.2) is 0 Å². The molecular formula is C9H14N2O3. The summed E-state index contributed by atoms with van der Waals surface area (Å²) < 4.78 is 0. The molecule has 0 aliphatic rings. The molecule has 0 bridgehead atoms. The fourth-order valence-electron chi connectivity index (χ4n) is 0.833.